The average molecular weight is 444 g/mol. The Labute approximate surface area is 174 Å². The summed E-state index contributed by atoms with van der Waals surface area (Å²) in [5.74, 6) is 0.0912. The fourth-order valence-corrected chi connectivity index (χ4v) is 4.03. The van der Waals surface area contributed by atoms with Gasteiger partial charge in [-0.05, 0) is 36.1 Å². The van der Waals surface area contributed by atoms with Crippen molar-refractivity contribution in [3.8, 4) is 0 Å². The van der Waals surface area contributed by atoms with Crippen LogP contribution in [-0.2, 0) is 11.3 Å². The summed E-state index contributed by atoms with van der Waals surface area (Å²) in [4.78, 5) is 28.5. The third kappa shape index (κ3) is 5.35. The van der Waals surface area contributed by atoms with Crippen molar-refractivity contribution in [2.45, 2.75) is 31.8 Å². The molecule has 1 unspecified atom stereocenters. The van der Waals surface area contributed by atoms with Gasteiger partial charge in [0.25, 0.3) is 0 Å². The lowest BCUT2D eigenvalue weighted by Gasteiger charge is -2.25. The number of nitrogens with zero attached hydrogens (tertiary/aromatic N) is 2. The van der Waals surface area contributed by atoms with Gasteiger partial charge in [0, 0.05) is 37.6 Å². The maximum Gasteiger partial charge on any atom is 0.317 e. The Balaban J connectivity index is 1.47. The van der Waals surface area contributed by atoms with Gasteiger partial charge in [-0.15, -0.1) is 0 Å². The molecule has 0 saturated carbocycles. The van der Waals surface area contributed by atoms with Crippen LogP contribution in [0.5, 0.6) is 0 Å². The number of hydrogen-bond donors (Lipinski definition) is 1. The number of halogens is 1. The molecule has 0 radical (unpaired) electrons. The number of nitrogens with one attached hydrogen (secondary N) is 1. The number of hydrogen-bond acceptors (Lipinski definition) is 2. The van der Waals surface area contributed by atoms with Gasteiger partial charge in [0.2, 0.25) is 5.91 Å². The van der Waals surface area contributed by atoms with Crippen LogP contribution >= 0.6 is 15.9 Å². The minimum Gasteiger partial charge on any atom is -0.337 e. The zero-order valence-corrected chi connectivity index (χ0v) is 17.7. The van der Waals surface area contributed by atoms with E-state index in [1.54, 1.807) is 11.9 Å². The second-order valence-electron chi connectivity index (χ2n) is 7.12. The van der Waals surface area contributed by atoms with Crippen LogP contribution in [-0.4, -0.2) is 41.9 Å². The first-order valence-electron chi connectivity index (χ1n) is 9.62. The zero-order valence-electron chi connectivity index (χ0n) is 16.1. The molecule has 148 valence electrons. The van der Waals surface area contributed by atoms with Gasteiger partial charge < -0.3 is 15.1 Å². The summed E-state index contributed by atoms with van der Waals surface area (Å²) in [6, 6.07) is 17.9. The molecule has 5 nitrogen and oxygen atoms in total. The lowest BCUT2D eigenvalue weighted by atomic mass is 10.0. The molecular weight excluding hydrogens is 418 g/mol. The van der Waals surface area contributed by atoms with Crippen LogP contribution in [0.1, 0.15) is 36.4 Å². The van der Waals surface area contributed by atoms with E-state index in [-0.39, 0.29) is 18.0 Å². The van der Waals surface area contributed by atoms with Crippen molar-refractivity contribution >= 4 is 27.9 Å². The number of benzene rings is 2. The first-order chi connectivity index (χ1) is 13.5. The van der Waals surface area contributed by atoms with Gasteiger partial charge in [0.15, 0.2) is 0 Å². The number of carbonyl (C=O) groups is 2. The van der Waals surface area contributed by atoms with Gasteiger partial charge in [0.05, 0.1) is 6.04 Å². The van der Waals surface area contributed by atoms with Crippen LogP contribution in [0.2, 0.25) is 0 Å². The highest BCUT2D eigenvalue weighted by Crippen LogP contribution is 2.33. The van der Waals surface area contributed by atoms with E-state index in [1.165, 1.54) is 0 Å². The normalized spacial score (nSPS) is 16.1. The molecule has 3 amide bonds. The van der Waals surface area contributed by atoms with Crippen molar-refractivity contribution < 1.29 is 9.59 Å². The van der Waals surface area contributed by atoms with Crippen LogP contribution in [0.15, 0.2) is 59.1 Å². The number of carbonyl (C=O) groups excluding carboxylic acids is 2. The summed E-state index contributed by atoms with van der Waals surface area (Å²) in [6.45, 7) is 1.66. The van der Waals surface area contributed by atoms with Crippen LogP contribution in [0.4, 0.5) is 4.79 Å². The maximum atomic E-state index is 12.7. The number of rotatable bonds is 6. The average Bonchev–Trinajstić information content (AvgIpc) is 3.18. The van der Waals surface area contributed by atoms with Crippen molar-refractivity contribution in [1.82, 2.24) is 15.1 Å². The standard InChI is InChI=1S/C22H26BrN3O2/c1-25(16-17-7-3-2-4-8-17)22(28)24-13-12-21(27)26-14-6-11-20(26)18-9-5-10-19(23)15-18/h2-5,7-10,15,20H,6,11-14,16H2,1H3,(H,24,28). The molecule has 1 atom stereocenters. The van der Waals surface area contributed by atoms with Gasteiger partial charge in [-0.1, -0.05) is 58.4 Å². The Hall–Kier alpha value is -2.34. The Morgan fingerprint density at radius 1 is 1.18 bits per heavy atom. The van der Waals surface area contributed by atoms with Gasteiger partial charge in [-0.25, -0.2) is 4.79 Å². The molecule has 6 heteroatoms. The maximum absolute atomic E-state index is 12.7. The van der Waals surface area contributed by atoms with Crippen molar-refractivity contribution in [1.29, 1.82) is 0 Å². The van der Waals surface area contributed by atoms with E-state index in [0.29, 0.717) is 19.5 Å². The summed E-state index contributed by atoms with van der Waals surface area (Å²) < 4.78 is 1.03. The highest BCUT2D eigenvalue weighted by molar-refractivity contribution is 9.10. The van der Waals surface area contributed by atoms with Gasteiger partial charge in [-0.3, -0.25) is 4.79 Å². The van der Waals surface area contributed by atoms with Crippen LogP contribution in [0.25, 0.3) is 0 Å². The predicted octanol–water partition coefficient (Wildman–Crippen LogP) is 4.34. The Kier molecular flexibility index (Phi) is 7.09. The van der Waals surface area contributed by atoms with E-state index in [4.69, 9.17) is 0 Å². The molecule has 1 fully saturated rings. The minimum absolute atomic E-state index is 0.0912. The molecule has 1 heterocycles. The second-order valence-corrected chi connectivity index (χ2v) is 8.04. The molecule has 0 spiro atoms. The summed E-state index contributed by atoms with van der Waals surface area (Å²) in [6.07, 6.45) is 2.30. The molecular formula is C22H26BrN3O2. The minimum atomic E-state index is -0.165. The SMILES string of the molecule is CN(Cc1ccccc1)C(=O)NCCC(=O)N1CCCC1c1cccc(Br)c1. The first-order valence-corrected chi connectivity index (χ1v) is 10.4. The molecule has 1 aliphatic rings. The third-order valence-electron chi connectivity index (χ3n) is 5.03. The number of likely N-dealkylation sites (tertiary alicyclic amines) is 1. The highest BCUT2D eigenvalue weighted by atomic mass is 79.9. The quantitative estimate of drug-likeness (QED) is 0.721. The van der Waals surface area contributed by atoms with E-state index >= 15 is 0 Å². The molecule has 1 aliphatic heterocycles. The van der Waals surface area contributed by atoms with Crippen LogP contribution in [0, 0.1) is 0 Å². The monoisotopic (exact) mass is 443 g/mol. The zero-order chi connectivity index (χ0) is 19.9. The molecule has 2 aromatic carbocycles. The summed E-state index contributed by atoms with van der Waals surface area (Å²) in [7, 11) is 1.76. The predicted molar refractivity (Wildman–Crippen MR) is 114 cm³/mol. The molecule has 1 saturated heterocycles. The van der Waals surface area contributed by atoms with E-state index in [1.807, 2.05) is 47.4 Å². The summed E-state index contributed by atoms with van der Waals surface area (Å²) >= 11 is 3.51. The largest absolute Gasteiger partial charge is 0.337 e. The van der Waals surface area contributed by atoms with Crippen molar-refractivity contribution in [3.05, 3.63) is 70.2 Å². The molecule has 0 bridgehead atoms. The lowest BCUT2D eigenvalue weighted by molar-refractivity contribution is -0.132. The van der Waals surface area contributed by atoms with E-state index in [0.717, 1.165) is 35.0 Å². The van der Waals surface area contributed by atoms with Crippen LogP contribution < -0.4 is 5.32 Å². The number of urea groups is 1. The van der Waals surface area contributed by atoms with E-state index < -0.39 is 0 Å². The van der Waals surface area contributed by atoms with Crippen LogP contribution in [0.3, 0.4) is 0 Å². The number of amides is 3. The summed E-state index contributed by atoms with van der Waals surface area (Å²) in [5, 5.41) is 2.85. The Bertz CT molecular complexity index is 812. The third-order valence-corrected chi connectivity index (χ3v) is 5.52. The van der Waals surface area contributed by atoms with Gasteiger partial charge in [0.1, 0.15) is 0 Å². The molecule has 0 aliphatic carbocycles. The van der Waals surface area contributed by atoms with Crippen molar-refractivity contribution in [3.63, 3.8) is 0 Å². The molecule has 1 N–H and O–H groups in total. The summed E-state index contributed by atoms with van der Waals surface area (Å²) in [5.41, 5.74) is 2.23. The molecule has 2 aromatic rings. The topological polar surface area (TPSA) is 52.7 Å². The molecule has 0 aromatic heterocycles. The molecule has 3 rings (SSSR count). The van der Waals surface area contributed by atoms with Crippen molar-refractivity contribution in [2.75, 3.05) is 20.1 Å². The lowest BCUT2D eigenvalue weighted by Crippen LogP contribution is -2.39. The second kappa shape index (κ2) is 9.73. The Morgan fingerprint density at radius 2 is 1.96 bits per heavy atom. The first kappa shape index (κ1) is 20.4. The highest BCUT2D eigenvalue weighted by Gasteiger charge is 2.29. The molecule has 28 heavy (non-hydrogen) atoms. The fourth-order valence-electron chi connectivity index (χ4n) is 3.61. The smallest absolute Gasteiger partial charge is 0.317 e. The Morgan fingerprint density at radius 3 is 2.71 bits per heavy atom. The van der Waals surface area contributed by atoms with E-state index in [2.05, 4.69) is 33.4 Å². The van der Waals surface area contributed by atoms with Gasteiger partial charge in [-0.2, -0.15) is 0 Å². The van der Waals surface area contributed by atoms with Crippen molar-refractivity contribution in [2.24, 2.45) is 0 Å². The van der Waals surface area contributed by atoms with Gasteiger partial charge >= 0.3 is 6.03 Å². The fraction of sp³-hybridized carbons (Fsp3) is 0.364. The van der Waals surface area contributed by atoms with E-state index in [9.17, 15) is 9.59 Å².